The zero-order chi connectivity index (χ0) is 15.5. The van der Waals surface area contributed by atoms with Gasteiger partial charge >= 0.3 is 0 Å². The molecule has 3 rings (SSSR count). The second-order valence-corrected chi connectivity index (χ2v) is 5.45. The molecule has 0 atom stereocenters. The maximum Gasteiger partial charge on any atom is 0.193 e. The van der Waals surface area contributed by atoms with Crippen LogP contribution in [0, 0.1) is 5.82 Å². The molecule has 122 valence electrons. The van der Waals surface area contributed by atoms with Crippen LogP contribution in [0.15, 0.2) is 41.4 Å². The summed E-state index contributed by atoms with van der Waals surface area (Å²) >= 11 is 0. The number of phenols is 1. The fourth-order valence-corrected chi connectivity index (χ4v) is 2.66. The minimum atomic E-state index is -0.655. The number of guanidine groups is 1. The maximum absolute atomic E-state index is 13.2. The van der Waals surface area contributed by atoms with E-state index in [0.717, 1.165) is 18.5 Å². The molecular formula is C17H19FIN3O. The van der Waals surface area contributed by atoms with Crippen LogP contribution >= 0.6 is 24.0 Å². The predicted molar refractivity (Wildman–Crippen MR) is 101 cm³/mol. The van der Waals surface area contributed by atoms with Gasteiger partial charge in [-0.2, -0.15) is 0 Å². The van der Waals surface area contributed by atoms with Crippen molar-refractivity contribution in [2.75, 3.05) is 5.32 Å². The van der Waals surface area contributed by atoms with Crippen LogP contribution in [0.3, 0.4) is 0 Å². The van der Waals surface area contributed by atoms with Crippen molar-refractivity contribution in [1.82, 2.24) is 0 Å². The molecule has 0 saturated heterocycles. The number of nitrogens with zero attached hydrogens (tertiary/aromatic N) is 1. The van der Waals surface area contributed by atoms with E-state index in [1.54, 1.807) is 6.07 Å². The molecule has 0 spiro atoms. The Morgan fingerprint density at radius 2 is 1.96 bits per heavy atom. The highest BCUT2D eigenvalue weighted by Crippen LogP contribution is 2.24. The first-order chi connectivity index (χ1) is 10.6. The van der Waals surface area contributed by atoms with Gasteiger partial charge in [0.1, 0.15) is 0 Å². The van der Waals surface area contributed by atoms with Gasteiger partial charge in [0.15, 0.2) is 17.5 Å². The normalized spacial score (nSPS) is 13.3. The molecule has 0 radical (unpaired) electrons. The zero-order valence-corrected chi connectivity index (χ0v) is 14.9. The Bertz CT molecular complexity index is 734. The summed E-state index contributed by atoms with van der Waals surface area (Å²) in [5.74, 6) is -0.735. The molecule has 2 aromatic carbocycles. The monoisotopic (exact) mass is 427 g/mol. The molecule has 2 aromatic rings. The van der Waals surface area contributed by atoms with Crippen LogP contribution in [0.1, 0.15) is 23.1 Å². The average molecular weight is 427 g/mol. The molecule has 1 aliphatic carbocycles. The lowest BCUT2D eigenvalue weighted by Gasteiger charge is -2.08. The standard InChI is InChI=1S/C17H18FN3O.HI/c18-15-8-11(4-7-16(15)22)10-20-17(19)21-14-6-5-12-2-1-3-13(12)9-14;/h4-9,22H,1-3,10H2,(H3,19,20,21);1H. The average Bonchev–Trinajstić information content (AvgIpc) is 2.96. The summed E-state index contributed by atoms with van der Waals surface area (Å²) in [6, 6.07) is 10.4. The number of aromatic hydroxyl groups is 1. The highest BCUT2D eigenvalue weighted by atomic mass is 127. The fraction of sp³-hybridized carbons (Fsp3) is 0.235. The first-order valence-corrected chi connectivity index (χ1v) is 7.28. The van der Waals surface area contributed by atoms with E-state index in [1.807, 2.05) is 6.07 Å². The van der Waals surface area contributed by atoms with Gasteiger partial charge in [-0.05, 0) is 60.2 Å². The number of nitrogens with one attached hydrogen (secondary N) is 1. The number of aryl methyl sites for hydroxylation is 2. The third-order valence-corrected chi connectivity index (χ3v) is 3.81. The maximum atomic E-state index is 13.2. The smallest absolute Gasteiger partial charge is 0.193 e. The first kappa shape index (κ1) is 17.5. The van der Waals surface area contributed by atoms with E-state index in [9.17, 15) is 4.39 Å². The number of rotatable bonds is 3. The van der Waals surface area contributed by atoms with Crippen molar-refractivity contribution in [3.63, 3.8) is 0 Å². The Kier molecular flexibility index (Phi) is 5.81. The Morgan fingerprint density at radius 1 is 1.17 bits per heavy atom. The van der Waals surface area contributed by atoms with E-state index in [4.69, 9.17) is 10.8 Å². The van der Waals surface area contributed by atoms with E-state index >= 15 is 0 Å². The quantitative estimate of drug-likeness (QED) is 0.399. The van der Waals surface area contributed by atoms with Crippen molar-refractivity contribution in [1.29, 1.82) is 0 Å². The SMILES string of the molecule is I.NC(=NCc1ccc(O)c(F)c1)Nc1ccc2c(c1)CCC2. The van der Waals surface area contributed by atoms with Gasteiger partial charge in [-0.25, -0.2) is 9.38 Å². The van der Waals surface area contributed by atoms with Crippen molar-refractivity contribution >= 4 is 35.6 Å². The van der Waals surface area contributed by atoms with Gasteiger partial charge in [0.05, 0.1) is 6.54 Å². The van der Waals surface area contributed by atoms with E-state index in [1.165, 1.54) is 29.7 Å². The molecule has 0 aliphatic heterocycles. The molecule has 0 aromatic heterocycles. The molecule has 0 heterocycles. The van der Waals surface area contributed by atoms with Gasteiger partial charge < -0.3 is 16.2 Å². The van der Waals surface area contributed by atoms with Crippen molar-refractivity contribution in [3.8, 4) is 5.75 Å². The lowest BCUT2D eigenvalue weighted by Crippen LogP contribution is -2.22. The highest BCUT2D eigenvalue weighted by Gasteiger charge is 2.10. The number of hydrogen-bond donors (Lipinski definition) is 3. The van der Waals surface area contributed by atoms with Gasteiger partial charge in [0.25, 0.3) is 0 Å². The van der Waals surface area contributed by atoms with Gasteiger partial charge in [-0.1, -0.05) is 12.1 Å². The molecular weight excluding hydrogens is 408 g/mol. The lowest BCUT2D eigenvalue weighted by molar-refractivity contribution is 0.432. The lowest BCUT2D eigenvalue weighted by atomic mass is 10.1. The molecule has 0 amide bonds. The summed E-state index contributed by atoms with van der Waals surface area (Å²) in [7, 11) is 0. The molecule has 0 fully saturated rings. The Balaban J connectivity index is 0.00000192. The van der Waals surface area contributed by atoms with Crippen LogP contribution in [-0.4, -0.2) is 11.1 Å². The van der Waals surface area contributed by atoms with E-state index < -0.39 is 5.82 Å². The fourth-order valence-electron chi connectivity index (χ4n) is 2.66. The summed E-state index contributed by atoms with van der Waals surface area (Å²) in [6.07, 6.45) is 3.45. The summed E-state index contributed by atoms with van der Waals surface area (Å²) in [6.45, 7) is 0.251. The number of nitrogens with two attached hydrogens (primary N) is 1. The third-order valence-electron chi connectivity index (χ3n) is 3.81. The topological polar surface area (TPSA) is 70.6 Å². The van der Waals surface area contributed by atoms with Crippen LogP contribution < -0.4 is 11.1 Å². The summed E-state index contributed by atoms with van der Waals surface area (Å²) in [4.78, 5) is 4.19. The number of aliphatic imine (C=N–C) groups is 1. The molecule has 0 unspecified atom stereocenters. The van der Waals surface area contributed by atoms with Crippen molar-refractivity contribution in [2.45, 2.75) is 25.8 Å². The van der Waals surface area contributed by atoms with Crippen LogP contribution in [0.5, 0.6) is 5.75 Å². The Labute approximate surface area is 151 Å². The second-order valence-electron chi connectivity index (χ2n) is 5.45. The van der Waals surface area contributed by atoms with Gasteiger partial charge in [-0.15, -0.1) is 24.0 Å². The number of benzene rings is 2. The minimum Gasteiger partial charge on any atom is -0.505 e. The molecule has 23 heavy (non-hydrogen) atoms. The van der Waals surface area contributed by atoms with Crippen LogP contribution in [0.2, 0.25) is 0 Å². The molecule has 0 saturated carbocycles. The van der Waals surface area contributed by atoms with Gasteiger partial charge in [0, 0.05) is 5.69 Å². The Hall–Kier alpha value is -1.83. The van der Waals surface area contributed by atoms with E-state index in [0.29, 0.717) is 5.56 Å². The third kappa shape index (κ3) is 4.34. The summed E-state index contributed by atoms with van der Waals surface area (Å²) in [5.41, 5.74) is 10.2. The number of phenolic OH excluding ortho intramolecular Hbond substituents is 1. The molecule has 4 nitrogen and oxygen atoms in total. The first-order valence-electron chi connectivity index (χ1n) is 7.28. The molecule has 6 heteroatoms. The highest BCUT2D eigenvalue weighted by molar-refractivity contribution is 14.0. The van der Waals surface area contributed by atoms with Crippen molar-refractivity contribution < 1.29 is 9.50 Å². The molecule has 1 aliphatic rings. The zero-order valence-electron chi connectivity index (χ0n) is 12.6. The Morgan fingerprint density at radius 3 is 2.74 bits per heavy atom. The minimum absolute atomic E-state index is 0. The van der Waals surface area contributed by atoms with Gasteiger partial charge in [-0.3, -0.25) is 0 Å². The molecule has 4 N–H and O–H groups in total. The van der Waals surface area contributed by atoms with E-state index in [2.05, 4.69) is 22.4 Å². The van der Waals surface area contributed by atoms with Crippen LogP contribution in [0.25, 0.3) is 0 Å². The van der Waals surface area contributed by atoms with Crippen LogP contribution in [0.4, 0.5) is 10.1 Å². The predicted octanol–water partition coefficient (Wildman–Crippen LogP) is 3.56. The number of anilines is 1. The van der Waals surface area contributed by atoms with Crippen molar-refractivity contribution in [3.05, 3.63) is 58.9 Å². The molecule has 0 bridgehead atoms. The second kappa shape index (κ2) is 7.63. The number of halogens is 2. The van der Waals surface area contributed by atoms with Gasteiger partial charge in [0.2, 0.25) is 0 Å². The number of fused-ring (bicyclic) bond motifs is 1. The van der Waals surface area contributed by atoms with Crippen molar-refractivity contribution in [2.24, 2.45) is 10.7 Å². The largest absolute Gasteiger partial charge is 0.505 e. The van der Waals surface area contributed by atoms with Crippen LogP contribution in [-0.2, 0) is 19.4 Å². The summed E-state index contributed by atoms with van der Waals surface area (Å²) in [5, 5.41) is 12.2. The number of hydrogen-bond acceptors (Lipinski definition) is 2. The summed E-state index contributed by atoms with van der Waals surface area (Å²) < 4.78 is 13.2. The van der Waals surface area contributed by atoms with E-state index in [-0.39, 0.29) is 42.2 Å².